The van der Waals surface area contributed by atoms with Crippen LogP contribution in [0.1, 0.15) is 26.7 Å². The van der Waals surface area contributed by atoms with Crippen molar-refractivity contribution < 1.29 is 9.53 Å². The predicted octanol–water partition coefficient (Wildman–Crippen LogP) is 2.39. The van der Waals surface area contributed by atoms with Crippen molar-refractivity contribution in [3.05, 3.63) is 23.8 Å². The predicted molar refractivity (Wildman–Crippen MR) is 67.3 cm³/mol. The summed E-state index contributed by atoms with van der Waals surface area (Å²) < 4.78 is 4.77. The van der Waals surface area contributed by atoms with Gasteiger partial charge in [-0.05, 0) is 40.8 Å². The van der Waals surface area contributed by atoms with Crippen LogP contribution < -0.4 is 0 Å². The molecule has 0 bridgehead atoms. The Bertz CT molecular complexity index is 280. The van der Waals surface area contributed by atoms with Crippen LogP contribution in [0.15, 0.2) is 23.8 Å². The normalized spacial score (nSPS) is 13.8. The van der Waals surface area contributed by atoms with Crippen LogP contribution in [-0.2, 0) is 9.53 Å². The average Bonchev–Trinajstić information content (AvgIpc) is 2.21. The maximum Gasteiger partial charge on any atom is 0.323 e. The van der Waals surface area contributed by atoms with E-state index >= 15 is 0 Å². The van der Waals surface area contributed by atoms with Gasteiger partial charge in [0.05, 0.1) is 7.11 Å². The van der Waals surface area contributed by atoms with Crippen LogP contribution in [0, 0.1) is 0 Å². The number of likely N-dealkylation sites (N-methyl/N-ethyl adjacent to an activating group) is 1. The Balaban J connectivity index is 4.45. The summed E-state index contributed by atoms with van der Waals surface area (Å²) in [6.07, 6.45) is 3.68. The lowest BCUT2D eigenvalue weighted by atomic mass is 10.0. The maximum atomic E-state index is 11.5. The van der Waals surface area contributed by atoms with E-state index in [-0.39, 0.29) is 12.0 Å². The Morgan fingerprint density at radius 3 is 2.38 bits per heavy atom. The Labute approximate surface area is 98.8 Å². The van der Waals surface area contributed by atoms with Crippen LogP contribution in [-0.4, -0.2) is 38.1 Å². The lowest BCUT2D eigenvalue weighted by Gasteiger charge is -2.21. The second-order valence-electron chi connectivity index (χ2n) is 4.42. The number of hydrogen-bond acceptors (Lipinski definition) is 3. The molecule has 0 saturated carbocycles. The average molecular weight is 225 g/mol. The zero-order chi connectivity index (χ0) is 12.7. The van der Waals surface area contributed by atoms with E-state index in [1.807, 2.05) is 32.8 Å². The van der Waals surface area contributed by atoms with Crippen LogP contribution in [0.25, 0.3) is 0 Å². The minimum atomic E-state index is -0.202. The lowest BCUT2D eigenvalue weighted by molar-refractivity contribution is -0.145. The van der Waals surface area contributed by atoms with Crippen LogP contribution >= 0.6 is 0 Å². The van der Waals surface area contributed by atoms with Gasteiger partial charge in [0.25, 0.3) is 0 Å². The summed E-state index contributed by atoms with van der Waals surface area (Å²) in [5, 5.41) is 0. The highest BCUT2D eigenvalue weighted by Gasteiger charge is 2.21. The van der Waals surface area contributed by atoms with Gasteiger partial charge >= 0.3 is 5.97 Å². The number of nitrogens with zero attached hydrogens (tertiary/aromatic N) is 1. The molecule has 0 aromatic heterocycles. The molecular formula is C13H23NO2. The first-order chi connectivity index (χ1) is 7.38. The molecule has 0 aliphatic heterocycles. The smallest absolute Gasteiger partial charge is 0.323 e. The molecule has 0 radical (unpaired) electrons. The van der Waals surface area contributed by atoms with Crippen molar-refractivity contribution in [1.82, 2.24) is 4.90 Å². The van der Waals surface area contributed by atoms with Gasteiger partial charge in [0.15, 0.2) is 0 Å². The van der Waals surface area contributed by atoms with E-state index in [9.17, 15) is 4.79 Å². The number of carbonyl (C=O) groups excluding carboxylic acids is 1. The number of allylic oxidation sites excluding steroid dienone is 2. The molecule has 0 saturated heterocycles. The van der Waals surface area contributed by atoms with Gasteiger partial charge in [-0.1, -0.05) is 23.8 Å². The van der Waals surface area contributed by atoms with Crippen molar-refractivity contribution in [2.75, 3.05) is 21.2 Å². The minimum Gasteiger partial charge on any atom is -0.468 e. The van der Waals surface area contributed by atoms with Gasteiger partial charge < -0.3 is 4.74 Å². The van der Waals surface area contributed by atoms with E-state index in [1.165, 1.54) is 12.7 Å². The molecule has 0 fully saturated rings. The summed E-state index contributed by atoms with van der Waals surface area (Å²) in [4.78, 5) is 13.4. The minimum absolute atomic E-state index is 0.187. The molecule has 3 nitrogen and oxygen atoms in total. The van der Waals surface area contributed by atoms with Gasteiger partial charge in [0.1, 0.15) is 6.04 Å². The summed E-state index contributed by atoms with van der Waals surface area (Å²) in [6, 6.07) is -0.202. The third kappa shape index (κ3) is 5.71. The maximum absolute atomic E-state index is 11.5. The fourth-order valence-corrected chi connectivity index (χ4v) is 1.35. The molecule has 0 aliphatic carbocycles. The Kier molecular flexibility index (Phi) is 6.74. The van der Waals surface area contributed by atoms with Crippen molar-refractivity contribution in [1.29, 1.82) is 0 Å². The molecule has 0 aromatic rings. The quantitative estimate of drug-likeness (QED) is 0.513. The largest absolute Gasteiger partial charge is 0.468 e. The molecule has 0 rings (SSSR count). The Morgan fingerprint density at radius 1 is 1.44 bits per heavy atom. The van der Waals surface area contributed by atoms with Crippen LogP contribution in [0.2, 0.25) is 0 Å². The van der Waals surface area contributed by atoms with Crippen molar-refractivity contribution in [3.8, 4) is 0 Å². The number of esters is 1. The first-order valence-corrected chi connectivity index (χ1v) is 5.42. The summed E-state index contributed by atoms with van der Waals surface area (Å²) in [7, 11) is 5.19. The molecular weight excluding hydrogens is 202 g/mol. The zero-order valence-corrected chi connectivity index (χ0v) is 11.0. The molecule has 0 aliphatic rings. The van der Waals surface area contributed by atoms with Crippen molar-refractivity contribution in [2.45, 2.75) is 32.7 Å². The van der Waals surface area contributed by atoms with Crippen molar-refractivity contribution >= 4 is 5.97 Å². The van der Waals surface area contributed by atoms with E-state index < -0.39 is 0 Å². The van der Waals surface area contributed by atoms with E-state index in [0.29, 0.717) is 6.42 Å². The second kappa shape index (κ2) is 7.23. The van der Waals surface area contributed by atoms with Gasteiger partial charge in [-0.25, -0.2) is 0 Å². The molecule has 92 valence electrons. The van der Waals surface area contributed by atoms with Crippen LogP contribution in [0.5, 0.6) is 0 Å². The molecule has 1 unspecified atom stereocenters. The fraction of sp³-hybridized carbons (Fsp3) is 0.615. The summed E-state index contributed by atoms with van der Waals surface area (Å²) in [5.41, 5.74) is 2.31. The molecule has 0 N–H and O–H groups in total. The van der Waals surface area contributed by atoms with Gasteiger partial charge in [-0.3, -0.25) is 9.69 Å². The van der Waals surface area contributed by atoms with Crippen molar-refractivity contribution in [3.63, 3.8) is 0 Å². The number of hydrogen-bond donors (Lipinski definition) is 0. The number of carbonyl (C=O) groups is 1. The highest BCUT2D eigenvalue weighted by atomic mass is 16.5. The third-order valence-electron chi connectivity index (χ3n) is 2.41. The van der Waals surface area contributed by atoms with E-state index in [2.05, 4.69) is 12.7 Å². The van der Waals surface area contributed by atoms with Crippen LogP contribution in [0.4, 0.5) is 0 Å². The number of rotatable bonds is 6. The van der Waals surface area contributed by atoms with Gasteiger partial charge in [-0.15, -0.1) is 0 Å². The number of methoxy groups -OCH3 is 1. The molecule has 0 aromatic carbocycles. The fourth-order valence-electron chi connectivity index (χ4n) is 1.35. The molecule has 0 amide bonds. The molecule has 1 atom stereocenters. The topological polar surface area (TPSA) is 29.5 Å². The highest BCUT2D eigenvalue weighted by molar-refractivity contribution is 5.75. The van der Waals surface area contributed by atoms with Crippen molar-refractivity contribution in [2.24, 2.45) is 0 Å². The molecule has 16 heavy (non-hydrogen) atoms. The van der Waals surface area contributed by atoms with Gasteiger partial charge in [-0.2, -0.15) is 0 Å². The van der Waals surface area contributed by atoms with E-state index in [1.54, 1.807) is 0 Å². The van der Waals surface area contributed by atoms with Gasteiger partial charge in [0, 0.05) is 0 Å². The summed E-state index contributed by atoms with van der Waals surface area (Å²) in [5.74, 6) is -0.187. The first-order valence-electron chi connectivity index (χ1n) is 5.42. The Hall–Kier alpha value is -1.09. The summed E-state index contributed by atoms with van der Waals surface area (Å²) in [6.45, 7) is 7.87. The highest BCUT2D eigenvalue weighted by Crippen LogP contribution is 2.12. The standard InChI is InChI=1S/C13H23NO2/c1-10(2)7-8-11(3)9-12(14(4)5)13(15)16-6/h8,12H,1,7,9H2,2-6H3/b11-8+. The summed E-state index contributed by atoms with van der Waals surface area (Å²) >= 11 is 0. The molecule has 0 heterocycles. The van der Waals surface area contributed by atoms with E-state index in [4.69, 9.17) is 4.74 Å². The molecule has 0 spiro atoms. The van der Waals surface area contributed by atoms with Crippen LogP contribution in [0.3, 0.4) is 0 Å². The Morgan fingerprint density at radius 2 is 2.00 bits per heavy atom. The number of ether oxygens (including phenoxy) is 1. The van der Waals surface area contributed by atoms with Gasteiger partial charge in [0.2, 0.25) is 0 Å². The second-order valence-corrected chi connectivity index (χ2v) is 4.42. The lowest BCUT2D eigenvalue weighted by Crippen LogP contribution is -2.36. The first kappa shape index (κ1) is 14.9. The molecule has 3 heteroatoms. The van der Waals surface area contributed by atoms with E-state index in [0.717, 1.165) is 12.0 Å². The monoisotopic (exact) mass is 225 g/mol. The third-order valence-corrected chi connectivity index (χ3v) is 2.41. The zero-order valence-electron chi connectivity index (χ0n) is 11.0. The SMILES string of the molecule is C=C(C)C/C=C(\C)CC(C(=O)OC)N(C)C.